The molecule has 1 aliphatic carbocycles. The second-order valence-corrected chi connectivity index (χ2v) is 11.7. The van der Waals surface area contributed by atoms with Gasteiger partial charge >= 0.3 is 0 Å². The van der Waals surface area contributed by atoms with Crippen molar-refractivity contribution in [2.75, 3.05) is 0 Å². The lowest BCUT2D eigenvalue weighted by Gasteiger charge is -2.35. The minimum atomic E-state index is -0.262. The Bertz CT molecular complexity index is 928. The molecule has 1 fully saturated rings. The molecule has 3 rings (SSSR count). The normalized spacial score (nSPS) is 20.4. The van der Waals surface area contributed by atoms with Crippen molar-refractivity contribution in [2.24, 2.45) is 29.6 Å². The largest absolute Gasteiger partial charge is 0.352 e. The molecule has 0 spiro atoms. The Morgan fingerprint density at radius 2 is 1.27 bits per heavy atom. The van der Waals surface area contributed by atoms with Gasteiger partial charge in [-0.3, -0.25) is 9.59 Å². The Morgan fingerprint density at radius 1 is 0.730 bits per heavy atom. The highest BCUT2D eigenvalue weighted by molar-refractivity contribution is 5.88. The van der Waals surface area contributed by atoms with Crippen LogP contribution in [0.1, 0.15) is 89.7 Å². The molecule has 0 saturated heterocycles. The number of carbonyl (C=O) groups is 2. The molecule has 2 N–H and O–H groups in total. The van der Waals surface area contributed by atoms with E-state index in [1.165, 1.54) is 32.1 Å². The van der Waals surface area contributed by atoms with Gasteiger partial charge in [-0.2, -0.15) is 0 Å². The molecule has 0 aliphatic heterocycles. The molecule has 1 saturated carbocycles. The zero-order valence-electron chi connectivity index (χ0n) is 23.3. The monoisotopic (exact) mass is 504 g/mol. The highest BCUT2D eigenvalue weighted by atomic mass is 16.2. The van der Waals surface area contributed by atoms with Crippen LogP contribution in [0.4, 0.5) is 0 Å². The molecule has 1 aliphatic rings. The first-order valence-electron chi connectivity index (χ1n) is 14.6. The average molecular weight is 505 g/mol. The van der Waals surface area contributed by atoms with Gasteiger partial charge in [-0.25, -0.2) is 0 Å². The molecular formula is C33H48N2O2. The van der Waals surface area contributed by atoms with E-state index in [4.69, 9.17) is 0 Å². The summed E-state index contributed by atoms with van der Waals surface area (Å²) in [5.74, 6) is 1.60. The van der Waals surface area contributed by atoms with Crippen molar-refractivity contribution in [2.45, 2.75) is 91.6 Å². The number of carbonyl (C=O) groups excluding carboxylic acids is 2. The van der Waals surface area contributed by atoms with Gasteiger partial charge in [0.1, 0.15) is 0 Å². The Hall–Kier alpha value is -2.62. The summed E-state index contributed by atoms with van der Waals surface area (Å²) in [4.78, 5) is 26.6. The van der Waals surface area contributed by atoms with Crippen LogP contribution in [-0.2, 0) is 22.7 Å². The third-order valence-corrected chi connectivity index (χ3v) is 8.04. The van der Waals surface area contributed by atoms with E-state index in [1.807, 2.05) is 60.7 Å². The first kappa shape index (κ1) is 28.9. The molecule has 4 atom stereocenters. The lowest BCUT2D eigenvalue weighted by atomic mass is 9.71. The predicted octanol–water partition coefficient (Wildman–Crippen LogP) is 7.28. The minimum absolute atomic E-state index is 0.0148. The third-order valence-electron chi connectivity index (χ3n) is 8.04. The number of benzene rings is 2. The maximum absolute atomic E-state index is 13.4. The summed E-state index contributed by atoms with van der Waals surface area (Å²) in [6.07, 6.45) is 10.2. The number of rotatable bonds is 14. The van der Waals surface area contributed by atoms with Crippen molar-refractivity contribution in [3.8, 4) is 0 Å². The maximum atomic E-state index is 13.4. The third kappa shape index (κ3) is 10.3. The Kier molecular flexibility index (Phi) is 12.2. The van der Waals surface area contributed by atoms with Gasteiger partial charge < -0.3 is 10.6 Å². The summed E-state index contributed by atoms with van der Waals surface area (Å²) in [6, 6.07) is 20.0. The standard InChI is InChI=1S/C33H48N2O2/c1-25(2)12-10-13-26(3)14-11-19-27-20-21-30(32(36)34-23-28-15-6-4-7-16-28)31(22-27)33(37)35-24-29-17-8-5-9-18-29/h4-9,15-18,25-27,30-31H,10-14,19-24H2,1-3H3,(H,34,36)(H,35,37). The fourth-order valence-electron chi connectivity index (χ4n) is 5.73. The highest BCUT2D eigenvalue weighted by Gasteiger charge is 2.38. The molecule has 0 aromatic heterocycles. The first-order valence-corrected chi connectivity index (χ1v) is 14.6. The van der Waals surface area contributed by atoms with E-state index in [0.29, 0.717) is 19.0 Å². The van der Waals surface area contributed by atoms with E-state index < -0.39 is 0 Å². The second-order valence-electron chi connectivity index (χ2n) is 11.7. The molecule has 0 radical (unpaired) electrons. The van der Waals surface area contributed by atoms with Crippen molar-refractivity contribution < 1.29 is 9.59 Å². The Labute approximate surface area is 225 Å². The SMILES string of the molecule is CC(C)CCCC(C)CCCC1CCC(C(=O)NCc2ccccc2)C(C(=O)NCc2ccccc2)C1. The van der Waals surface area contributed by atoms with Gasteiger partial charge in [-0.1, -0.05) is 120 Å². The Balaban J connectivity index is 1.54. The molecule has 2 aromatic carbocycles. The van der Waals surface area contributed by atoms with Crippen molar-refractivity contribution in [3.05, 3.63) is 71.8 Å². The zero-order chi connectivity index (χ0) is 26.5. The number of nitrogens with one attached hydrogen (secondary N) is 2. The van der Waals surface area contributed by atoms with Crippen LogP contribution in [-0.4, -0.2) is 11.8 Å². The molecule has 37 heavy (non-hydrogen) atoms. The van der Waals surface area contributed by atoms with E-state index in [-0.39, 0.29) is 23.7 Å². The highest BCUT2D eigenvalue weighted by Crippen LogP contribution is 2.37. The average Bonchev–Trinajstić information content (AvgIpc) is 2.91. The minimum Gasteiger partial charge on any atom is -0.352 e. The number of hydrogen-bond donors (Lipinski definition) is 2. The number of amides is 2. The van der Waals surface area contributed by atoms with Gasteiger partial charge in [0.25, 0.3) is 0 Å². The zero-order valence-corrected chi connectivity index (χ0v) is 23.3. The van der Waals surface area contributed by atoms with Gasteiger partial charge in [0.05, 0.1) is 0 Å². The fraction of sp³-hybridized carbons (Fsp3) is 0.576. The van der Waals surface area contributed by atoms with Crippen LogP contribution in [0.3, 0.4) is 0 Å². The fourth-order valence-corrected chi connectivity index (χ4v) is 5.73. The van der Waals surface area contributed by atoms with Crippen molar-refractivity contribution in [1.82, 2.24) is 10.6 Å². The molecule has 0 heterocycles. The quantitative estimate of drug-likeness (QED) is 0.284. The molecular weight excluding hydrogens is 456 g/mol. The molecule has 4 unspecified atom stereocenters. The van der Waals surface area contributed by atoms with E-state index in [9.17, 15) is 9.59 Å². The van der Waals surface area contributed by atoms with Crippen LogP contribution >= 0.6 is 0 Å². The summed E-state index contributed by atoms with van der Waals surface area (Å²) in [7, 11) is 0. The second kappa shape index (κ2) is 15.6. The molecule has 202 valence electrons. The predicted molar refractivity (Wildman–Crippen MR) is 153 cm³/mol. The van der Waals surface area contributed by atoms with E-state index in [1.54, 1.807) is 0 Å². The summed E-state index contributed by atoms with van der Waals surface area (Å²) < 4.78 is 0. The van der Waals surface area contributed by atoms with Gasteiger partial charge in [0.2, 0.25) is 11.8 Å². The van der Waals surface area contributed by atoms with Crippen LogP contribution in [0.25, 0.3) is 0 Å². The Morgan fingerprint density at radius 3 is 1.84 bits per heavy atom. The van der Waals surface area contributed by atoms with Crippen molar-refractivity contribution in [1.29, 1.82) is 0 Å². The lowest BCUT2D eigenvalue weighted by molar-refractivity contribution is -0.137. The molecule has 2 amide bonds. The lowest BCUT2D eigenvalue weighted by Crippen LogP contribution is -2.45. The van der Waals surface area contributed by atoms with Crippen LogP contribution in [0.2, 0.25) is 0 Å². The van der Waals surface area contributed by atoms with Crippen molar-refractivity contribution >= 4 is 11.8 Å². The van der Waals surface area contributed by atoms with Gasteiger partial charge in [-0.15, -0.1) is 0 Å². The van der Waals surface area contributed by atoms with Crippen LogP contribution in [0, 0.1) is 29.6 Å². The van der Waals surface area contributed by atoms with Gasteiger partial charge in [-0.05, 0) is 48.1 Å². The molecule has 2 aromatic rings. The van der Waals surface area contributed by atoms with Gasteiger partial charge in [0, 0.05) is 24.9 Å². The van der Waals surface area contributed by atoms with E-state index in [0.717, 1.165) is 48.6 Å². The molecule has 0 bridgehead atoms. The molecule has 4 nitrogen and oxygen atoms in total. The van der Waals surface area contributed by atoms with Gasteiger partial charge in [0.15, 0.2) is 0 Å². The van der Waals surface area contributed by atoms with Crippen LogP contribution < -0.4 is 10.6 Å². The number of hydrogen-bond acceptors (Lipinski definition) is 2. The molecule has 4 heteroatoms. The first-order chi connectivity index (χ1) is 17.9. The van der Waals surface area contributed by atoms with Crippen molar-refractivity contribution in [3.63, 3.8) is 0 Å². The maximum Gasteiger partial charge on any atom is 0.224 e. The smallest absolute Gasteiger partial charge is 0.224 e. The van der Waals surface area contributed by atoms with Crippen LogP contribution in [0.15, 0.2) is 60.7 Å². The van der Waals surface area contributed by atoms with Crippen LogP contribution in [0.5, 0.6) is 0 Å². The van der Waals surface area contributed by atoms with E-state index >= 15 is 0 Å². The topological polar surface area (TPSA) is 58.2 Å². The summed E-state index contributed by atoms with van der Waals surface area (Å²) >= 11 is 0. The summed E-state index contributed by atoms with van der Waals surface area (Å²) in [5.41, 5.74) is 2.16. The summed E-state index contributed by atoms with van der Waals surface area (Å²) in [5, 5.41) is 6.24. The van der Waals surface area contributed by atoms with E-state index in [2.05, 4.69) is 31.4 Å². The summed E-state index contributed by atoms with van der Waals surface area (Å²) in [6.45, 7) is 8.00.